The average Bonchev–Trinajstić information content (AvgIpc) is 3.23. The molecule has 150 valence electrons. The summed E-state index contributed by atoms with van der Waals surface area (Å²) in [5.41, 5.74) is 2.05. The van der Waals surface area contributed by atoms with Gasteiger partial charge >= 0.3 is 6.61 Å². The van der Waals surface area contributed by atoms with Gasteiger partial charge in [-0.2, -0.15) is 8.78 Å². The fourth-order valence-corrected chi connectivity index (χ4v) is 2.52. The molecule has 8 heteroatoms. The number of aromatic nitrogens is 1. The van der Waals surface area contributed by atoms with E-state index in [2.05, 4.69) is 15.0 Å². The fraction of sp³-hybridized carbons (Fsp3) is 0.143. The van der Waals surface area contributed by atoms with Gasteiger partial charge in [0.15, 0.2) is 23.7 Å². The first-order chi connectivity index (χ1) is 14.0. The van der Waals surface area contributed by atoms with Gasteiger partial charge in [-0.25, -0.2) is 4.98 Å². The second-order valence-corrected chi connectivity index (χ2v) is 5.78. The van der Waals surface area contributed by atoms with Gasteiger partial charge in [-0.05, 0) is 55.0 Å². The first kappa shape index (κ1) is 20.1. The SMILES string of the molecule is CCOc1cc(/C=C/C(=O)Nc2ccc(-c3cnco3)cc2)ccc1OC(F)F. The number of alkyl halides is 2. The highest BCUT2D eigenvalue weighted by atomic mass is 19.3. The molecular formula is C21H18F2N2O4. The normalized spacial score (nSPS) is 11.0. The van der Waals surface area contributed by atoms with Crippen LogP contribution in [0.2, 0.25) is 0 Å². The predicted molar refractivity (Wildman–Crippen MR) is 104 cm³/mol. The summed E-state index contributed by atoms with van der Waals surface area (Å²) in [6.45, 7) is -0.926. The Morgan fingerprint density at radius 2 is 2.00 bits per heavy atom. The first-order valence-electron chi connectivity index (χ1n) is 8.75. The summed E-state index contributed by atoms with van der Waals surface area (Å²) in [5, 5.41) is 2.73. The molecule has 0 spiro atoms. The number of halogens is 2. The minimum Gasteiger partial charge on any atom is -0.490 e. The number of benzene rings is 2. The summed E-state index contributed by atoms with van der Waals surface area (Å²) in [6, 6.07) is 11.5. The summed E-state index contributed by atoms with van der Waals surface area (Å²) in [7, 11) is 0. The van der Waals surface area contributed by atoms with Gasteiger partial charge in [0, 0.05) is 17.3 Å². The Morgan fingerprint density at radius 3 is 2.66 bits per heavy atom. The highest BCUT2D eigenvalue weighted by molar-refractivity contribution is 6.02. The van der Waals surface area contributed by atoms with E-state index in [-0.39, 0.29) is 24.0 Å². The van der Waals surface area contributed by atoms with Gasteiger partial charge in [-0.1, -0.05) is 6.07 Å². The van der Waals surface area contributed by atoms with Crippen LogP contribution in [0, 0.1) is 0 Å². The molecule has 0 aliphatic carbocycles. The average molecular weight is 400 g/mol. The van der Waals surface area contributed by atoms with Gasteiger partial charge in [-0.15, -0.1) is 0 Å². The lowest BCUT2D eigenvalue weighted by atomic mass is 10.1. The number of anilines is 1. The predicted octanol–water partition coefficient (Wildman–Crippen LogP) is 4.99. The summed E-state index contributed by atoms with van der Waals surface area (Å²) < 4.78 is 39.9. The quantitative estimate of drug-likeness (QED) is 0.539. The van der Waals surface area contributed by atoms with Crippen LogP contribution in [0.5, 0.6) is 11.5 Å². The topological polar surface area (TPSA) is 73.6 Å². The molecular weight excluding hydrogens is 382 g/mol. The molecule has 0 radical (unpaired) electrons. The Labute approximate surface area is 165 Å². The third-order valence-corrected chi connectivity index (χ3v) is 3.78. The lowest BCUT2D eigenvalue weighted by Gasteiger charge is -2.11. The van der Waals surface area contributed by atoms with Crippen LogP contribution in [0.1, 0.15) is 12.5 Å². The van der Waals surface area contributed by atoms with Crippen LogP contribution >= 0.6 is 0 Å². The molecule has 0 unspecified atom stereocenters. The maximum atomic E-state index is 12.5. The molecule has 1 aromatic heterocycles. The number of nitrogens with one attached hydrogen (secondary N) is 1. The number of ether oxygens (including phenoxy) is 2. The highest BCUT2D eigenvalue weighted by Gasteiger charge is 2.11. The van der Waals surface area contributed by atoms with Crippen molar-refractivity contribution in [2.24, 2.45) is 0 Å². The zero-order valence-electron chi connectivity index (χ0n) is 15.5. The van der Waals surface area contributed by atoms with Gasteiger partial charge in [0.05, 0.1) is 12.8 Å². The Hall–Kier alpha value is -3.68. The number of oxazole rings is 1. The standard InChI is InChI=1S/C21H18F2N2O4/c1-2-27-18-11-14(3-9-17(18)29-21(22)23)4-10-20(26)25-16-7-5-15(6-8-16)19-12-24-13-28-19/h3-13,21H,2H2,1H3,(H,25,26)/b10-4+. The van der Waals surface area contributed by atoms with E-state index in [1.54, 1.807) is 49.5 Å². The van der Waals surface area contributed by atoms with Crippen LogP contribution in [-0.2, 0) is 4.79 Å². The second kappa shape index (κ2) is 9.50. The molecule has 29 heavy (non-hydrogen) atoms. The second-order valence-electron chi connectivity index (χ2n) is 5.78. The molecule has 0 atom stereocenters. The summed E-state index contributed by atoms with van der Waals surface area (Å²) >= 11 is 0. The minimum absolute atomic E-state index is 0.0599. The van der Waals surface area contributed by atoms with Crippen molar-refractivity contribution >= 4 is 17.7 Å². The molecule has 1 heterocycles. The molecule has 3 rings (SSSR count). The van der Waals surface area contributed by atoms with Crippen molar-refractivity contribution in [3.63, 3.8) is 0 Å². The lowest BCUT2D eigenvalue weighted by molar-refractivity contribution is -0.111. The number of amides is 1. The van der Waals surface area contributed by atoms with E-state index in [0.717, 1.165) is 5.56 Å². The Kier molecular flexibility index (Phi) is 6.57. The van der Waals surface area contributed by atoms with Crippen LogP contribution in [0.4, 0.5) is 14.5 Å². The van der Waals surface area contributed by atoms with E-state index in [1.807, 2.05) is 0 Å². The Bertz CT molecular complexity index is 971. The molecule has 3 aromatic rings. The largest absolute Gasteiger partial charge is 0.490 e. The number of carbonyl (C=O) groups is 1. The molecule has 2 aromatic carbocycles. The molecule has 0 saturated carbocycles. The van der Waals surface area contributed by atoms with Crippen molar-refractivity contribution in [1.82, 2.24) is 4.98 Å². The Balaban J connectivity index is 1.64. The van der Waals surface area contributed by atoms with E-state index in [9.17, 15) is 13.6 Å². The number of hydrogen-bond acceptors (Lipinski definition) is 5. The van der Waals surface area contributed by atoms with E-state index in [0.29, 0.717) is 17.0 Å². The van der Waals surface area contributed by atoms with Gasteiger partial charge in [-0.3, -0.25) is 4.79 Å². The summed E-state index contributed by atoms with van der Waals surface area (Å²) in [5.74, 6) is 0.407. The zero-order valence-corrected chi connectivity index (χ0v) is 15.5. The molecule has 1 amide bonds. The first-order valence-corrected chi connectivity index (χ1v) is 8.75. The van der Waals surface area contributed by atoms with Crippen LogP contribution in [0.25, 0.3) is 17.4 Å². The van der Waals surface area contributed by atoms with E-state index < -0.39 is 6.61 Å². The van der Waals surface area contributed by atoms with Crippen LogP contribution in [0.3, 0.4) is 0 Å². The number of carbonyl (C=O) groups excluding carboxylic acids is 1. The van der Waals surface area contributed by atoms with Crippen molar-refractivity contribution in [3.05, 3.63) is 66.7 Å². The maximum Gasteiger partial charge on any atom is 0.387 e. The van der Waals surface area contributed by atoms with Crippen molar-refractivity contribution < 1.29 is 27.5 Å². The lowest BCUT2D eigenvalue weighted by Crippen LogP contribution is -2.07. The summed E-state index contributed by atoms with van der Waals surface area (Å²) in [6.07, 6.45) is 5.83. The van der Waals surface area contributed by atoms with Gasteiger partial charge in [0.25, 0.3) is 0 Å². The Morgan fingerprint density at radius 1 is 1.21 bits per heavy atom. The van der Waals surface area contributed by atoms with Crippen LogP contribution in [0.15, 0.2) is 65.5 Å². The molecule has 0 aliphatic rings. The summed E-state index contributed by atoms with van der Waals surface area (Å²) in [4.78, 5) is 16.0. The highest BCUT2D eigenvalue weighted by Crippen LogP contribution is 2.30. The van der Waals surface area contributed by atoms with Gasteiger partial charge in [0.2, 0.25) is 5.91 Å². The third-order valence-electron chi connectivity index (χ3n) is 3.78. The van der Waals surface area contributed by atoms with Crippen LogP contribution < -0.4 is 14.8 Å². The van der Waals surface area contributed by atoms with E-state index in [4.69, 9.17) is 9.15 Å². The number of hydrogen-bond donors (Lipinski definition) is 1. The van der Waals surface area contributed by atoms with Crippen molar-refractivity contribution in [3.8, 4) is 22.8 Å². The van der Waals surface area contributed by atoms with Crippen LogP contribution in [-0.4, -0.2) is 24.1 Å². The molecule has 6 nitrogen and oxygen atoms in total. The van der Waals surface area contributed by atoms with E-state index in [1.165, 1.54) is 24.6 Å². The molecule has 1 N–H and O–H groups in total. The number of nitrogens with zero attached hydrogens (tertiary/aromatic N) is 1. The molecule has 0 bridgehead atoms. The monoisotopic (exact) mass is 400 g/mol. The number of rotatable bonds is 8. The van der Waals surface area contributed by atoms with Crippen molar-refractivity contribution in [1.29, 1.82) is 0 Å². The third kappa shape index (κ3) is 5.65. The minimum atomic E-state index is -2.95. The van der Waals surface area contributed by atoms with Gasteiger partial charge in [0.1, 0.15) is 0 Å². The van der Waals surface area contributed by atoms with Gasteiger partial charge < -0.3 is 19.2 Å². The molecule has 0 aliphatic heterocycles. The van der Waals surface area contributed by atoms with Crippen molar-refractivity contribution in [2.45, 2.75) is 13.5 Å². The maximum absolute atomic E-state index is 12.5. The smallest absolute Gasteiger partial charge is 0.387 e. The van der Waals surface area contributed by atoms with E-state index >= 15 is 0 Å². The van der Waals surface area contributed by atoms with Crippen molar-refractivity contribution in [2.75, 3.05) is 11.9 Å². The molecule has 0 fully saturated rings. The molecule has 0 saturated heterocycles. The zero-order chi connectivity index (χ0) is 20.6. The fourth-order valence-electron chi connectivity index (χ4n) is 2.52.